The van der Waals surface area contributed by atoms with Crippen molar-refractivity contribution in [3.8, 4) is 0 Å². The van der Waals surface area contributed by atoms with E-state index in [4.69, 9.17) is 9.72 Å². The number of hydrogen-bond acceptors (Lipinski definition) is 4. The van der Waals surface area contributed by atoms with Crippen LogP contribution in [0.15, 0.2) is 12.1 Å². The normalized spacial score (nSPS) is 28.9. The summed E-state index contributed by atoms with van der Waals surface area (Å²) in [6.07, 6.45) is 5.94. The summed E-state index contributed by atoms with van der Waals surface area (Å²) in [6.45, 7) is 5.07. The molecule has 0 amide bonds. The molecule has 1 aromatic heterocycles. The average molecular weight is 273 g/mol. The Morgan fingerprint density at radius 1 is 1.20 bits per heavy atom. The van der Waals surface area contributed by atoms with Crippen LogP contribution in [0.2, 0.25) is 0 Å². The van der Waals surface area contributed by atoms with Crippen molar-refractivity contribution in [2.75, 3.05) is 18.0 Å². The van der Waals surface area contributed by atoms with Crippen LogP contribution in [0.25, 0.3) is 0 Å². The van der Waals surface area contributed by atoms with Gasteiger partial charge in [-0.1, -0.05) is 0 Å². The zero-order valence-corrected chi connectivity index (χ0v) is 12.1. The van der Waals surface area contributed by atoms with Crippen LogP contribution in [-0.2, 0) is 11.3 Å². The lowest BCUT2D eigenvalue weighted by Gasteiger charge is -2.33. The van der Waals surface area contributed by atoms with Crippen LogP contribution in [0.3, 0.4) is 0 Å². The van der Waals surface area contributed by atoms with Crippen LogP contribution in [0.5, 0.6) is 0 Å². The van der Waals surface area contributed by atoms with Gasteiger partial charge < -0.3 is 15.0 Å². The van der Waals surface area contributed by atoms with E-state index in [0.717, 1.165) is 37.2 Å². The largest absolute Gasteiger partial charge is 0.371 e. The topological polar surface area (TPSA) is 37.4 Å². The number of ether oxygens (including phenoxy) is 1. The molecule has 0 spiro atoms. The van der Waals surface area contributed by atoms with Gasteiger partial charge in [0.1, 0.15) is 5.82 Å². The second-order valence-electron chi connectivity index (χ2n) is 6.49. The third-order valence-electron chi connectivity index (χ3n) is 4.54. The summed E-state index contributed by atoms with van der Waals surface area (Å²) in [6, 6.07) is 5.22. The highest BCUT2D eigenvalue weighted by atomic mass is 16.5. The van der Waals surface area contributed by atoms with Crippen LogP contribution in [-0.4, -0.2) is 36.3 Å². The molecule has 4 rings (SSSR count). The first kappa shape index (κ1) is 12.6. The van der Waals surface area contributed by atoms with Gasteiger partial charge in [0.15, 0.2) is 0 Å². The van der Waals surface area contributed by atoms with Crippen LogP contribution in [0.1, 0.15) is 36.9 Å². The summed E-state index contributed by atoms with van der Waals surface area (Å²) >= 11 is 0. The van der Waals surface area contributed by atoms with Crippen molar-refractivity contribution in [2.45, 2.75) is 57.4 Å². The minimum absolute atomic E-state index is 0.420. The fourth-order valence-corrected chi connectivity index (χ4v) is 3.34. The van der Waals surface area contributed by atoms with E-state index in [1.165, 1.54) is 31.2 Å². The zero-order valence-electron chi connectivity index (χ0n) is 12.1. The van der Waals surface area contributed by atoms with Gasteiger partial charge in [-0.15, -0.1) is 0 Å². The molecule has 2 bridgehead atoms. The molecule has 0 aromatic carbocycles. The molecule has 1 N–H and O–H groups in total. The predicted molar refractivity (Wildman–Crippen MR) is 78.9 cm³/mol. The lowest BCUT2D eigenvalue weighted by molar-refractivity contribution is 0.0302. The highest BCUT2D eigenvalue weighted by molar-refractivity contribution is 5.44. The van der Waals surface area contributed by atoms with Gasteiger partial charge in [-0.05, 0) is 50.3 Å². The van der Waals surface area contributed by atoms with Gasteiger partial charge in [-0.25, -0.2) is 4.98 Å². The third kappa shape index (κ3) is 2.67. The lowest BCUT2D eigenvalue weighted by Crippen LogP contribution is -2.43. The van der Waals surface area contributed by atoms with E-state index in [0.29, 0.717) is 12.2 Å². The Labute approximate surface area is 120 Å². The van der Waals surface area contributed by atoms with Crippen LogP contribution < -0.4 is 10.2 Å². The highest BCUT2D eigenvalue weighted by Crippen LogP contribution is 2.29. The van der Waals surface area contributed by atoms with Crippen molar-refractivity contribution >= 4 is 5.82 Å². The second kappa shape index (κ2) is 5.01. The van der Waals surface area contributed by atoms with E-state index >= 15 is 0 Å². The number of hydrogen-bond donors (Lipinski definition) is 1. The molecule has 3 fully saturated rings. The number of morpholine rings is 1. The summed E-state index contributed by atoms with van der Waals surface area (Å²) in [7, 11) is 0. The summed E-state index contributed by atoms with van der Waals surface area (Å²) in [4.78, 5) is 7.16. The monoisotopic (exact) mass is 273 g/mol. The van der Waals surface area contributed by atoms with Crippen molar-refractivity contribution in [3.63, 3.8) is 0 Å². The molecule has 20 heavy (non-hydrogen) atoms. The molecule has 0 radical (unpaired) electrons. The van der Waals surface area contributed by atoms with E-state index in [2.05, 4.69) is 29.3 Å². The molecule has 2 unspecified atom stereocenters. The minimum atomic E-state index is 0.420. The van der Waals surface area contributed by atoms with Gasteiger partial charge >= 0.3 is 0 Å². The van der Waals surface area contributed by atoms with Gasteiger partial charge in [-0.3, -0.25) is 0 Å². The molecular formula is C16H23N3O. The van der Waals surface area contributed by atoms with Crippen molar-refractivity contribution in [3.05, 3.63) is 23.4 Å². The Bertz CT molecular complexity index is 488. The molecule has 2 aliphatic heterocycles. The number of pyridine rings is 1. The van der Waals surface area contributed by atoms with Crippen LogP contribution in [0, 0.1) is 6.92 Å². The maximum absolute atomic E-state index is 5.91. The molecule has 4 nitrogen and oxygen atoms in total. The number of rotatable bonds is 4. The van der Waals surface area contributed by atoms with Gasteiger partial charge in [0.2, 0.25) is 0 Å². The average Bonchev–Trinajstić information content (AvgIpc) is 3.21. The smallest absolute Gasteiger partial charge is 0.129 e. The first-order chi connectivity index (χ1) is 9.76. The fourth-order valence-electron chi connectivity index (χ4n) is 3.34. The quantitative estimate of drug-likeness (QED) is 0.910. The number of nitrogens with zero attached hydrogens (tertiary/aromatic N) is 2. The SMILES string of the molecule is Cc1cc(CNC2CC2)cc(N2CC3CCC(C2)O3)n1. The zero-order chi connectivity index (χ0) is 13.5. The molecule has 108 valence electrons. The molecule has 2 atom stereocenters. The number of nitrogens with one attached hydrogen (secondary N) is 1. The Hall–Kier alpha value is -1.13. The summed E-state index contributed by atoms with van der Waals surface area (Å²) in [5.74, 6) is 1.14. The Morgan fingerprint density at radius 3 is 2.65 bits per heavy atom. The number of anilines is 1. The highest BCUT2D eigenvalue weighted by Gasteiger charge is 2.34. The number of aryl methyl sites for hydroxylation is 1. The first-order valence-electron chi connectivity index (χ1n) is 7.87. The van der Waals surface area contributed by atoms with Crippen molar-refractivity contribution < 1.29 is 4.74 Å². The van der Waals surface area contributed by atoms with Gasteiger partial charge in [0.25, 0.3) is 0 Å². The summed E-state index contributed by atoms with van der Waals surface area (Å²) in [5.41, 5.74) is 2.48. The number of aromatic nitrogens is 1. The molecule has 1 aliphatic carbocycles. The molecule has 1 saturated carbocycles. The van der Waals surface area contributed by atoms with E-state index in [-0.39, 0.29) is 0 Å². The predicted octanol–water partition coefficient (Wildman–Crippen LogP) is 2.01. The Kier molecular flexibility index (Phi) is 3.15. The third-order valence-corrected chi connectivity index (χ3v) is 4.54. The summed E-state index contributed by atoms with van der Waals surface area (Å²) < 4.78 is 5.91. The Balaban J connectivity index is 1.51. The lowest BCUT2D eigenvalue weighted by atomic mass is 10.2. The van der Waals surface area contributed by atoms with Crippen LogP contribution >= 0.6 is 0 Å². The molecule has 4 heteroatoms. The maximum Gasteiger partial charge on any atom is 0.129 e. The van der Waals surface area contributed by atoms with E-state index in [9.17, 15) is 0 Å². The molecule has 2 saturated heterocycles. The van der Waals surface area contributed by atoms with E-state index < -0.39 is 0 Å². The fraction of sp³-hybridized carbons (Fsp3) is 0.688. The molecule has 1 aromatic rings. The van der Waals surface area contributed by atoms with Gasteiger partial charge in [0.05, 0.1) is 12.2 Å². The van der Waals surface area contributed by atoms with Crippen LogP contribution in [0.4, 0.5) is 5.82 Å². The van der Waals surface area contributed by atoms with Crippen molar-refractivity contribution in [1.29, 1.82) is 0 Å². The van der Waals surface area contributed by atoms with Gasteiger partial charge in [-0.2, -0.15) is 0 Å². The van der Waals surface area contributed by atoms with E-state index in [1.807, 2.05) is 0 Å². The minimum Gasteiger partial charge on any atom is -0.371 e. The van der Waals surface area contributed by atoms with E-state index in [1.54, 1.807) is 0 Å². The standard InChI is InChI=1S/C16H23N3O/c1-11-6-12(8-17-13-2-3-13)7-16(18-11)19-9-14-4-5-15(10-19)20-14/h6-7,13-15,17H,2-5,8-10H2,1H3. The molecule has 3 aliphatic rings. The number of fused-ring (bicyclic) bond motifs is 2. The molecule has 3 heterocycles. The molecular weight excluding hydrogens is 250 g/mol. The Morgan fingerprint density at radius 2 is 1.95 bits per heavy atom. The van der Waals surface area contributed by atoms with Gasteiger partial charge in [0, 0.05) is 31.4 Å². The summed E-state index contributed by atoms with van der Waals surface area (Å²) in [5, 5.41) is 3.59. The second-order valence-corrected chi connectivity index (χ2v) is 6.49. The maximum atomic E-state index is 5.91. The van der Waals surface area contributed by atoms with Crippen molar-refractivity contribution in [2.24, 2.45) is 0 Å². The first-order valence-corrected chi connectivity index (χ1v) is 7.87. The van der Waals surface area contributed by atoms with Crippen molar-refractivity contribution in [1.82, 2.24) is 10.3 Å².